The average Bonchev–Trinajstić information content (AvgIpc) is 2.51. The Kier molecular flexibility index (Phi) is 6.98. The summed E-state index contributed by atoms with van der Waals surface area (Å²) >= 11 is 7.11. The molecule has 0 spiro atoms. The summed E-state index contributed by atoms with van der Waals surface area (Å²) in [5.74, 6) is 0.704. The zero-order chi connectivity index (χ0) is 17.7. The molecular formula is C16H22ClNO4S2. The van der Waals surface area contributed by atoms with E-state index >= 15 is 0 Å². The zero-order valence-electron chi connectivity index (χ0n) is 13.8. The van der Waals surface area contributed by atoms with Gasteiger partial charge in [-0.05, 0) is 38.1 Å². The van der Waals surface area contributed by atoms with E-state index in [-0.39, 0.29) is 34.5 Å². The maximum atomic E-state index is 12.2. The predicted molar refractivity (Wildman–Crippen MR) is 97.4 cm³/mol. The minimum atomic E-state index is -3.34. The normalized spacial score (nSPS) is 21.7. The number of amides is 1. The lowest BCUT2D eigenvalue weighted by Crippen LogP contribution is -2.48. The van der Waals surface area contributed by atoms with E-state index in [1.165, 1.54) is 23.9 Å². The molecule has 1 aliphatic heterocycles. The van der Waals surface area contributed by atoms with E-state index in [4.69, 9.17) is 16.3 Å². The summed E-state index contributed by atoms with van der Waals surface area (Å²) in [4.78, 5) is 14.3. The largest absolute Gasteiger partial charge is 0.372 e. The highest BCUT2D eigenvalue weighted by molar-refractivity contribution is 8.01. The molecule has 1 aromatic rings. The van der Waals surface area contributed by atoms with E-state index in [1.54, 1.807) is 17.0 Å². The first-order valence-electron chi connectivity index (χ1n) is 7.77. The Morgan fingerprint density at radius 1 is 1.25 bits per heavy atom. The van der Waals surface area contributed by atoms with Gasteiger partial charge in [0.25, 0.3) is 0 Å². The van der Waals surface area contributed by atoms with Crippen molar-refractivity contribution in [1.29, 1.82) is 0 Å². The topological polar surface area (TPSA) is 63.7 Å². The highest BCUT2D eigenvalue weighted by atomic mass is 35.5. The van der Waals surface area contributed by atoms with Crippen molar-refractivity contribution in [2.45, 2.75) is 31.0 Å². The third-order valence-electron chi connectivity index (χ3n) is 3.67. The van der Waals surface area contributed by atoms with Gasteiger partial charge in [0, 0.05) is 23.9 Å². The van der Waals surface area contributed by atoms with Crippen molar-refractivity contribution in [3.63, 3.8) is 0 Å². The molecule has 1 amide bonds. The molecule has 0 aromatic heterocycles. The quantitative estimate of drug-likeness (QED) is 0.697. The molecule has 1 fully saturated rings. The van der Waals surface area contributed by atoms with Crippen LogP contribution in [0.2, 0.25) is 5.02 Å². The second kappa shape index (κ2) is 8.56. The zero-order valence-corrected chi connectivity index (χ0v) is 16.2. The summed E-state index contributed by atoms with van der Waals surface area (Å²) in [5, 5.41) is 0.503. The van der Waals surface area contributed by atoms with Gasteiger partial charge in [-0.2, -0.15) is 11.8 Å². The molecule has 2 rings (SSSR count). The first-order chi connectivity index (χ1) is 11.3. The van der Waals surface area contributed by atoms with Crippen LogP contribution in [-0.2, 0) is 19.4 Å². The van der Waals surface area contributed by atoms with Gasteiger partial charge in [0.15, 0.2) is 9.84 Å². The second-order valence-corrected chi connectivity index (χ2v) is 9.53. The molecule has 0 unspecified atom stereocenters. The third kappa shape index (κ3) is 5.65. The van der Waals surface area contributed by atoms with Gasteiger partial charge in [0.05, 0.1) is 28.6 Å². The van der Waals surface area contributed by atoms with Gasteiger partial charge in [-0.1, -0.05) is 11.6 Å². The van der Waals surface area contributed by atoms with E-state index in [2.05, 4.69) is 0 Å². The summed E-state index contributed by atoms with van der Waals surface area (Å²) < 4.78 is 30.0. The van der Waals surface area contributed by atoms with Crippen molar-refractivity contribution in [1.82, 2.24) is 4.90 Å². The number of thioether (sulfide) groups is 1. The summed E-state index contributed by atoms with van der Waals surface area (Å²) in [5.41, 5.74) is 0. The van der Waals surface area contributed by atoms with Gasteiger partial charge in [-0.3, -0.25) is 4.79 Å². The maximum absolute atomic E-state index is 12.2. The summed E-state index contributed by atoms with van der Waals surface area (Å²) in [6.45, 7) is 5.07. The number of carbonyl (C=O) groups is 1. The van der Waals surface area contributed by atoms with Gasteiger partial charge >= 0.3 is 0 Å². The van der Waals surface area contributed by atoms with E-state index < -0.39 is 9.84 Å². The van der Waals surface area contributed by atoms with Crippen LogP contribution in [0.4, 0.5) is 0 Å². The number of morpholine rings is 1. The van der Waals surface area contributed by atoms with Crippen molar-refractivity contribution < 1.29 is 17.9 Å². The number of hydrogen-bond acceptors (Lipinski definition) is 5. The maximum Gasteiger partial charge on any atom is 0.232 e. The number of nitrogens with zero attached hydrogens (tertiary/aromatic N) is 1. The lowest BCUT2D eigenvalue weighted by Gasteiger charge is -2.35. The van der Waals surface area contributed by atoms with Crippen LogP contribution in [0.3, 0.4) is 0 Å². The molecule has 2 atom stereocenters. The lowest BCUT2D eigenvalue weighted by molar-refractivity contribution is -0.140. The van der Waals surface area contributed by atoms with Crippen LogP contribution in [0, 0.1) is 0 Å². The molecule has 0 aliphatic carbocycles. The van der Waals surface area contributed by atoms with Crippen LogP contribution in [0.15, 0.2) is 29.2 Å². The number of halogens is 1. The first kappa shape index (κ1) is 19.6. The Labute approximate surface area is 152 Å². The highest BCUT2D eigenvalue weighted by Gasteiger charge is 2.25. The molecule has 1 saturated heterocycles. The van der Waals surface area contributed by atoms with Crippen molar-refractivity contribution in [3.8, 4) is 0 Å². The van der Waals surface area contributed by atoms with Gasteiger partial charge in [0.1, 0.15) is 0 Å². The number of ether oxygens (including phenoxy) is 1. The molecule has 134 valence electrons. The fourth-order valence-corrected chi connectivity index (χ4v) is 5.32. The number of hydrogen-bond donors (Lipinski definition) is 0. The smallest absolute Gasteiger partial charge is 0.232 e. The van der Waals surface area contributed by atoms with E-state index in [0.29, 0.717) is 23.9 Å². The molecule has 8 heteroatoms. The van der Waals surface area contributed by atoms with Crippen LogP contribution >= 0.6 is 23.4 Å². The molecule has 1 aromatic carbocycles. The SMILES string of the molecule is C[C@@H]1CN(C(=O)CSCCS(=O)(=O)c2ccc(Cl)cc2)C[C@@H](C)O1. The molecule has 0 radical (unpaired) electrons. The molecule has 24 heavy (non-hydrogen) atoms. The lowest BCUT2D eigenvalue weighted by atomic mass is 10.2. The molecule has 1 heterocycles. The fraction of sp³-hybridized carbons (Fsp3) is 0.562. The Hall–Kier alpha value is -0.760. The van der Waals surface area contributed by atoms with Crippen LogP contribution in [0.5, 0.6) is 0 Å². The van der Waals surface area contributed by atoms with Crippen LogP contribution in [-0.4, -0.2) is 61.8 Å². The molecule has 0 saturated carbocycles. The van der Waals surface area contributed by atoms with Crippen LogP contribution in [0.1, 0.15) is 13.8 Å². The summed E-state index contributed by atoms with van der Waals surface area (Å²) in [6, 6.07) is 6.13. The van der Waals surface area contributed by atoms with E-state index in [1.807, 2.05) is 13.8 Å². The van der Waals surface area contributed by atoms with Gasteiger partial charge < -0.3 is 9.64 Å². The number of carbonyl (C=O) groups excluding carboxylic acids is 1. The Morgan fingerprint density at radius 3 is 2.42 bits per heavy atom. The van der Waals surface area contributed by atoms with Crippen molar-refractivity contribution in [3.05, 3.63) is 29.3 Å². The third-order valence-corrected chi connectivity index (χ3v) is 6.85. The van der Waals surface area contributed by atoms with Crippen LogP contribution < -0.4 is 0 Å². The average molecular weight is 392 g/mol. The molecule has 0 bridgehead atoms. The Balaban J connectivity index is 1.77. The predicted octanol–water partition coefficient (Wildman–Crippen LogP) is 2.48. The van der Waals surface area contributed by atoms with Crippen molar-refractivity contribution in [2.75, 3.05) is 30.3 Å². The van der Waals surface area contributed by atoms with E-state index in [0.717, 1.165) is 0 Å². The Bertz CT molecular complexity index is 653. The first-order valence-corrected chi connectivity index (χ1v) is 11.0. The molecule has 1 aliphatic rings. The fourth-order valence-electron chi connectivity index (χ4n) is 2.56. The minimum Gasteiger partial charge on any atom is -0.372 e. The van der Waals surface area contributed by atoms with Gasteiger partial charge in [-0.25, -0.2) is 8.42 Å². The second-order valence-electron chi connectivity index (χ2n) is 5.88. The Morgan fingerprint density at radius 2 is 1.83 bits per heavy atom. The number of sulfone groups is 1. The van der Waals surface area contributed by atoms with Crippen molar-refractivity contribution in [2.24, 2.45) is 0 Å². The van der Waals surface area contributed by atoms with Crippen LogP contribution in [0.25, 0.3) is 0 Å². The van der Waals surface area contributed by atoms with E-state index in [9.17, 15) is 13.2 Å². The molecule has 5 nitrogen and oxygen atoms in total. The monoisotopic (exact) mass is 391 g/mol. The van der Waals surface area contributed by atoms with Gasteiger partial charge in [-0.15, -0.1) is 0 Å². The van der Waals surface area contributed by atoms with Crippen molar-refractivity contribution >= 4 is 39.1 Å². The highest BCUT2D eigenvalue weighted by Crippen LogP contribution is 2.17. The number of benzene rings is 1. The summed E-state index contributed by atoms with van der Waals surface area (Å²) in [7, 11) is -3.34. The minimum absolute atomic E-state index is 0.00248. The summed E-state index contributed by atoms with van der Waals surface area (Å²) in [6.07, 6.45) is 0.0703. The van der Waals surface area contributed by atoms with Gasteiger partial charge in [0.2, 0.25) is 5.91 Å². The molecular weight excluding hydrogens is 370 g/mol. The number of rotatable bonds is 6. The standard InChI is InChI=1S/C16H22ClNO4S2/c1-12-9-18(10-13(2)22-12)16(19)11-23-7-8-24(20,21)15-5-3-14(17)4-6-15/h3-6,12-13H,7-11H2,1-2H3/t12-,13-/m1/s1. The molecule has 0 N–H and O–H groups in total.